The Balaban J connectivity index is -0.000000120. The van der Waals surface area contributed by atoms with Gasteiger partial charge in [-0.15, -0.1) is 23.5 Å². The van der Waals surface area contributed by atoms with Crippen LogP contribution in [-0.2, 0) is 11.6 Å². The van der Waals surface area contributed by atoms with Crippen LogP contribution in [0.15, 0.2) is 47.9 Å². The predicted molar refractivity (Wildman–Crippen MR) is 64.9 cm³/mol. The molecule has 0 rings (SSSR count). The van der Waals surface area contributed by atoms with Gasteiger partial charge in [-0.1, -0.05) is 26.3 Å². The maximum absolute atomic E-state index is 8.29. The van der Waals surface area contributed by atoms with Crippen molar-refractivity contribution < 1.29 is 8.42 Å². The highest BCUT2D eigenvalue weighted by atomic mass is 32.2. The van der Waals surface area contributed by atoms with Gasteiger partial charge < -0.3 is 0 Å². The second-order valence-electron chi connectivity index (χ2n) is 1.01. The highest BCUT2D eigenvalue weighted by Crippen LogP contribution is 1.96. The summed E-state index contributed by atoms with van der Waals surface area (Å²) in [6.07, 6.45) is 0. The molecule has 0 aliphatic heterocycles. The number of hydrogen-bond acceptors (Lipinski definition) is 4. The topological polar surface area (TPSA) is 34.1 Å². The molecule has 0 aromatic rings. The van der Waals surface area contributed by atoms with Crippen LogP contribution in [0, 0.1) is 0 Å². The molecule has 2 nitrogen and oxygen atoms in total. The maximum atomic E-state index is 8.29. The molecule has 0 aromatic heterocycles. The first kappa shape index (κ1) is 18.3. The number of hydrogen-bond donors (Lipinski definition) is 0. The fraction of sp³-hybridized carbons (Fsp3) is 0. The lowest BCUT2D eigenvalue weighted by atomic mass is 11.3. The maximum Gasteiger partial charge on any atom is 0.335 e. The third-order valence-electron chi connectivity index (χ3n) is 0.385. The van der Waals surface area contributed by atoms with Gasteiger partial charge >= 0.3 is 11.6 Å². The Bertz CT molecular complexity index is 146. The van der Waals surface area contributed by atoms with Crippen LogP contribution in [0.25, 0.3) is 0 Å². The number of thioether (sulfide) groups is 2. The van der Waals surface area contributed by atoms with Crippen molar-refractivity contribution in [3.63, 3.8) is 0 Å². The quantitative estimate of drug-likeness (QED) is 0.749. The van der Waals surface area contributed by atoms with Gasteiger partial charge in [0.2, 0.25) is 0 Å². The van der Waals surface area contributed by atoms with E-state index in [1.807, 2.05) is 0 Å². The molecule has 13 heavy (non-hydrogen) atoms. The minimum absolute atomic E-state index is 0.750. The summed E-state index contributed by atoms with van der Waals surface area (Å²) in [4.78, 5) is 0. The molecule has 0 radical (unpaired) electrons. The Labute approximate surface area is 91.5 Å². The van der Waals surface area contributed by atoms with Crippen LogP contribution in [0.3, 0.4) is 0 Å². The smallest absolute Gasteiger partial charge is 0.168 e. The van der Waals surface area contributed by atoms with Crippen LogP contribution in [0.1, 0.15) is 0 Å². The Morgan fingerprint density at radius 1 is 0.692 bits per heavy atom. The van der Waals surface area contributed by atoms with Crippen LogP contribution in [-0.4, -0.2) is 8.42 Å². The lowest BCUT2D eigenvalue weighted by Crippen LogP contribution is -1.25. The Morgan fingerprint density at radius 3 is 0.846 bits per heavy atom. The highest BCUT2D eigenvalue weighted by molar-refractivity contribution is 8.05. The van der Waals surface area contributed by atoms with Crippen molar-refractivity contribution in [1.29, 1.82) is 0 Å². The first-order valence-electron chi connectivity index (χ1n) is 2.91. The van der Waals surface area contributed by atoms with E-state index in [0.29, 0.717) is 0 Å². The molecule has 0 saturated heterocycles. The summed E-state index contributed by atoms with van der Waals surface area (Å²) in [6, 6.07) is 0. The van der Waals surface area contributed by atoms with Gasteiger partial charge in [0.1, 0.15) is 0 Å². The molecule has 74 valence electrons. The Hall–Kier alpha value is -0.520. The third kappa shape index (κ3) is 85.2. The summed E-state index contributed by atoms with van der Waals surface area (Å²) in [7, 11) is 0. The normalized spacial score (nSPS) is 5.85. The molecule has 0 fully saturated rings. The molecule has 0 unspecified atom stereocenters. The third-order valence-corrected chi connectivity index (χ3v) is 1.15. The molecule has 5 heteroatoms. The van der Waals surface area contributed by atoms with E-state index in [4.69, 9.17) is 8.42 Å². The van der Waals surface area contributed by atoms with Crippen LogP contribution >= 0.6 is 23.5 Å². The van der Waals surface area contributed by atoms with Gasteiger partial charge in [0.15, 0.2) is 0 Å². The van der Waals surface area contributed by atoms with Gasteiger partial charge in [0.25, 0.3) is 0 Å². The van der Waals surface area contributed by atoms with Crippen molar-refractivity contribution in [3.8, 4) is 0 Å². The molecule has 0 bridgehead atoms. The van der Waals surface area contributed by atoms with Crippen molar-refractivity contribution in [3.05, 3.63) is 47.9 Å². The highest BCUT2D eigenvalue weighted by Gasteiger charge is 1.52. The molecular formula is C8H12O2S3. The molecule has 0 N–H and O–H groups in total. The molecule has 0 amide bonds. The van der Waals surface area contributed by atoms with Crippen molar-refractivity contribution in [1.82, 2.24) is 0 Å². The standard InChI is InChI=1S/2C4H6S.O2S/c2*1-3-5-4-2;1-3-2/h2*3-4H,1-2H2;. The minimum Gasteiger partial charge on any atom is -0.168 e. The van der Waals surface area contributed by atoms with E-state index in [9.17, 15) is 0 Å². The predicted octanol–water partition coefficient (Wildman–Crippen LogP) is 3.34. The molecule has 0 heterocycles. The van der Waals surface area contributed by atoms with Gasteiger partial charge in [-0.2, -0.15) is 8.42 Å². The van der Waals surface area contributed by atoms with Gasteiger partial charge in [0.05, 0.1) is 0 Å². The summed E-state index contributed by atoms with van der Waals surface area (Å²) < 4.78 is 16.6. The zero-order chi connectivity index (χ0) is 10.9. The zero-order valence-corrected chi connectivity index (χ0v) is 9.63. The van der Waals surface area contributed by atoms with E-state index in [-0.39, 0.29) is 0 Å². The first-order chi connectivity index (χ1) is 6.24. The van der Waals surface area contributed by atoms with Gasteiger partial charge in [-0.25, -0.2) is 0 Å². The largest absolute Gasteiger partial charge is 0.335 e. The fourth-order valence-electron chi connectivity index (χ4n) is 0.136. The molecule has 0 aliphatic rings. The lowest BCUT2D eigenvalue weighted by Gasteiger charge is -1.65. The van der Waals surface area contributed by atoms with E-state index in [1.165, 1.54) is 23.5 Å². The first-order valence-corrected chi connectivity index (χ1v) is 5.46. The van der Waals surface area contributed by atoms with E-state index in [2.05, 4.69) is 26.3 Å². The van der Waals surface area contributed by atoms with Crippen LogP contribution in [0.2, 0.25) is 0 Å². The van der Waals surface area contributed by atoms with Crippen molar-refractivity contribution in [2.75, 3.05) is 0 Å². The molecule has 0 aromatic carbocycles. The van der Waals surface area contributed by atoms with Crippen LogP contribution < -0.4 is 0 Å². The lowest BCUT2D eigenvalue weighted by molar-refractivity contribution is 0.630. The van der Waals surface area contributed by atoms with Crippen LogP contribution in [0.4, 0.5) is 0 Å². The summed E-state index contributed by atoms with van der Waals surface area (Å²) in [5.41, 5.74) is 0. The average Bonchev–Trinajstić information content (AvgIpc) is 2.09. The second-order valence-corrected chi connectivity index (χ2v) is 3.02. The van der Waals surface area contributed by atoms with Gasteiger partial charge in [-0.3, -0.25) is 0 Å². The fourth-order valence-corrected chi connectivity index (χ4v) is 0.408. The number of rotatable bonds is 4. The van der Waals surface area contributed by atoms with Crippen molar-refractivity contribution >= 4 is 35.1 Å². The summed E-state index contributed by atoms with van der Waals surface area (Å²) in [6.45, 7) is 13.8. The Kier molecular flexibility index (Phi) is 42.3. The van der Waals surface area contributed by atoms with Gasteiger partial charge in [-0.05, 0) is 21.6 Å². The SMILES string of the molecule is C=CSC=C.C=CSC=C.O=S=O. The average molecular weight is 236 g/mol. The minimum atomic E-state index is -0.750. The van der Waals surface area contributed by atoms with Crippen molar-refractivity contribution in [2.45, 2.75) is 0 Å². The molecular weight excluding hydrogens is 224 g/mol. The van der Waals surface area contributed by atoms with E-state index >= 15 is 0 Å². The zero-order valence-electron chi connectivity index (χ0n) is 7.18. The Morgan fingerprint density at radius 2 is 0.846 bits per heavy atom. The molecule has 0 aliphatic carbocycles. The monoisotopic (exact) mass is 236 g/mol. The van der Waals surface area contributed by atoms with Crippen LogP contribution in [0.5, 0.6) is 0 Å². The second kappa shape index (κ2) is 30.0. The molecule has 0 spiro atoms. The molecule has 0 atom stereocenters. The van der Waals surface area contributed by atoms with E-state index in [1.54, 1.807) is 21.6 Å². The van der Waals surface area contributed by atoms with Gasteiger partial charge in [0, 0.05) is 0 Å². The summed E-state index contributed by atoms with van der Waals surface area (Å²) >= 11 is 2.23. The van der Waals surface area contributed by atoms with E-state index < -0.39 is 11.6 Å². The van der Waals surface area contributed by atoms with E-state index in [0.717, 1.165) is 0 Å². The summed E-state index contributed by atoms with van der Waals surface area (Å²) in [5, 5.41) is 6.92. The molecule has 0 saturated carbocycles. The van der Waals surface area contributed by atoms with Crippen molar-refractivity contribution in [2.24, 2.45) is 0 Å². The summed E-state index contributed by atoms with van der Waals surface area (Å²) in [5.74, 6) is 0.